The second-order valence-electron chi connectivity index (χ2n) is 7.13. The lowest BCUT2D eigenvalue weighted by Crippen LogP contribution is -2.13. The van der Waals surface area contributed by atoms with Gasteiger partial charge in [-0.25, -0.2) is 9.37 Å². The average molecular weight is 413 g/mol. The predicted molar refractivity (Wildman–Crippen MR) is 110 cm³/mol. The zero-order chi connectivity index (χ0) is 21.5. The standard InChI is InChI=1S/C22H16FN7O/c1-12-17-7-15(23)2-3-16(17)20-18(26-4-5-27-20)11-30-21(14(8-24)10-29-30)13-6-19(31-12)22(25)28-9-13/h2-7,9-10,12H,11H2,1H3,(H2,25,28)/t12-/m1/s1. The molecule has 2 N–H and O–H groups in total. The van der Waals surface area contributed by atoms with Crippen LogP contribution in [0.3, 0.4) is 0 Å². The maximum absolute atomic E-state index is 14.2. The molecule has 4 aromatic rings. The van der Waals surface area contributed by atoms with Crippen molar-refractivity contribution in [3.63, 3.8) is 0 Å². The lowest BCUT2D eigenvalue weighted by molar-refractivity contribution is 0.227. The molecule has 2 bridgehead atoms. The van der Waals surface area contributed by atoms with Crippen LogP contribution in [-0.4, -0.2) is 24.7 Å². The Labute approximate surface area is 176 Å². The molecule has 1 atom stereocenters. The number of hydrogen-bond acceptors (Lipinski definition) is 7. The third kappa shape index (κ3) is 3.14. The molecule has 0 unspecified atom stereocenters. The number of rotatable bonds is 0. The fourth-order valence-electron chi connectivity index (χ4n) is 3.76. The summed E-state index contributed by atoms with van der Waals surface area (Å²) in [6.45, 7) is 2.06. The van der Waals surface area contributed by atoms with E-state index < -0.39 is 6.10 Å². The number of pyridine rings is 1. The van der Waals surface area contributed by atoms with E-state index in [9.17, 15) is 9.65 Å². The highest BCUT2D eigenvalue weighted by molar-refractivity contribution is 5.71. The van der Waals surface area contributed by atoms with Crippen molar-refractivity contribution in [2.24, 2.45) is 0 Å². The second-order valence-corrected chi connectivity index (χ2v) is 7.13. The summed E-state index contributed by atoms with van der Waals surface area (Å²) in [5.41, 5.74) is 10.1. The Morgan fingerprint density at radius 3 is 2.87 bits per heavy atom. The highest BCUT2D eigenvalue weighted by Gasteiger charge is 2.23. The van der Waals surface area contributed by atoms with Gasteiger partial charge in [-0.3, -0.25) is 14.6 Å². The molecule has 0 fully saturated rings. The lowest BCUT2D eigenvalue weighted by Gasteiger charge is -2.21. The van der Waals surface area contributed by atoms with Crippen molar-refractivity contribution in [2.75, 3.05) is 5.73 Å². The van der Waals surface area contributed by atoms with Crippen molar-refractivity contribution < 1.29 is 9.13 Å². The number of benzene rings is 1. The monoisotopic (exact) mass is 413 g/mol. The summed E-state index contributed by atoms with van der Waals surface area (Å²) >= 11 is 0. The highest BCUT2D eigenvalue weighted by atomic mass is 19.1. The summed E-state index contributed by atoms with van der Waals surface area (Å²) in [6.07, 6.45) is 5.68. The van der Waals surface area contributed by atoms with Gasteiger partial charge in [-0.2, -0.15) is 10.4 Å². The van der Waals surface area contributed by atoms with E-state index in [1.165, 1.54) is 18.3 Å². The first-order valence-electron chi connectivity index (χ1n) is 9.53. The molecule has 0 radical (unpaired) electrons. The summed E-state index contributed by atoms with van der Waals surface area (Å²) in [5, 5.41) is 14.0. The third-order valence-corrected chi connectivity index (χ3v) is 5.20. The minimum absolute atomic E-state index is 0.190. The molecule has 3 aromatic heterocycles. The van der Waals surface area contributed by atoms with Crippen molar-refractivity contribution in [1.82, 2.24) is 24.7 Å². The van der Waals surface area contributed by atoms with E-state index in [-0.39, 0.29) is 18.2 Å². The first-order valence-corrected chi connectivity index (χ1v) is 9.53. The van der Waals surface area contributed by atoms with Crippen LogP contribution in [0.15, 0.2) is 49.1 Å². The van der Waals surface area contributed by atoms with Crippen molar-refractivity contribution >= 4 is 5.82 Å². The van der Waals surface area contributed by atoms with Gasteiger partial charge < -0.3 is 10.5 Å². The summed E-state index contributed by atoms with van der Waals surface area (Å²) in [5.74, 6) is 0.131. The number of nitrogen functional groups attached to an aromatic ring is 1. The van der Waals surface area contributed by atoms with Gasteiger partial charge in [0.15, 0.2) is 11.6 Å². The number of fused-ring (bicyclic) bond motifs is 7. The fraction of sp³-hybridized carbons (Fsp3) is 0.136. The molecular weight excluding hydrogens is 397 g/mol. The Bertz CT molecular complexity index is 1360. The zero-order valence-corrected chi connectivity index (χ0v) is 16.5. The van der Waals surface area contributed by atoms with Crippen LogP contribution in [0.25, 0.3) is 22.5 Å². The number of aromatic nitrogens is 5. The van der Waals surface area contributed by atoms with Crippen molar-refractivity contribution in [1.29, 1.82) is 5.26 Å². The summed E-state index contributed by atoms with van der Waals surface area (Å²) in [4.78, 5) is 13.2. The van der Waals surface area contributed by atoms with Crippen molar-refractivity contribution in [2.45, 2.75) is 19.6 Å². The molecule has 9 heteroatoms. The number of nitriles is 1. The molecule has 0 aliphatic carbocycles. The van der Waals surface area contributed by atoms with Gasteiger partial charge >= 0.3 is 0 Å². The van der Waals surface area contributed by atoms with E-state index in [4.69, 9.17) is 10.5 Å². The topological polar surface area (TPSA) is 116 Å². The first kappa shape index (κ1) is 18.7. The summed E-state index contributed by atoms with van der Waals surface area (Å²) in [7, 11) is 0. The Kier molecular flexibility index (Phi) is 4.33. The van der Waals surface area contributed by atoms with Crippen molar-refractivity contribution in [3.8, 4) is 34.3 Å². The van der Waals surface area contributed by atoms with Gasteiger partial charge in [-0.1, -0.05) is 0 Å². The summed E-state index contributed by atoms with van der Waals surface area (Å²) in [6, 6.07) is 8.33. The van der Waals surface area contributed by atoms with Crippen molar-refractivity contribution in [3.05, 3.63) is 71.7 Å². The van der Waals surface area contributed by atoms with Gasteiger partial charge in [0.1, 0.15) is 18.0 Å². The number of nitrogens with two attached hydrogens (primary N) is 1. The van der Waals surface area contributed by atoms with E-state index >= 15 is 0 Å². The van der Waals surface area contributed by atoms with Gasteiger partial charge in [0.05, 0.1) is 35.4 Å². The molecule has 1 aromatic carbocycles. The van der Waals surface area contributed by atoms with E-state index in [1.807, 2.05) is 0 Å². The number of halogens is 1. The molecule has 5 rings (SSSR count). The molecule has 1 aliphatic heterocycles. The van der Waals surface area contributed by atoms with E-state index in [0.717, 1.165) is 0 Å². The number of nitrogens with zero attached hydrogens (tertiary/aromatic N) is 6. The molecule has 0 saturated carbocycles. The summed E-state index contributed by atoms with van der Waals surface area (Å²) < 4.78 is 21.9. The normalized spacial score (nSPS) is 14.7. The quantitative estimate of drug-likeness (QED) is 0.469. The predicted octanol–water partition coefficient (Wildman–Crippen LogP) is 3.50. The Morgan fingerprint density at radius 2 is 2.03 bits per heavy atom. The van der Waals surface area contributed by atoms with E-state index in [1.54, 1.807) is 42.3 Å². The van der Waals surface area contributed by atoms with Gasteiger partial charge in [0, 0.05) is 35.3 Å². The van der Waals surface area contributed by atoms with Crippen LogP contribution in [0.4, 0.5) is 10.2 Å². The number of anilines is 1. The Balaban J connectivity index is 1.83. The molecule has 0 spiro atoms. The Morgan fingerprint density at radius 1 is 1.19 bits per heavy atom. The van der Waals surface area contributed by atoms with E-state index in [2.05, 4.69) is 26.1 Å². The van der Waals surface area contributed by atoms with E-state index in [0.29, 0.717) is 45.1 Å². The highest BCUT2D eigenvalue weighted by Crippen LogP contribution is 2.36. The molecule has 8 nitrogen and oxygen atoms in total. The smallest absolute Gasteiger partial charge is 0.166 e. The minimum atomic E-state index is -0.556. The van der Waals surface area contributed by atoms with Crippen LogP contribution in [0.2, 0.25) is 0 Å². The first-order chi connectivity index (χ1) is 15.0. The van der Waals surface area contributed by atoms with Crippen LogP contribution in [0.5, 0.6) is 5.75 Å². The van der Waals surface area contributed by atoms with Crippen LogP contribution < -0.4 is 10.5 Å². The lowest BCUT2D eigenvalue weighted by atomic mass is 9.98. The van der Waals surface area contributed by atoms with Crippen LogP contribution in [-0.2, 0) is 6.54 Å². The molecule has 0 saturated heterocycles. The van der Waals surface area contributed by atoms with Gasteiger partial charge in [0.25, 0.3) is 0 Å². The maximum Gasteiger partial charge on any atom is 0.166 e. The molecule has 1 aliphatic rings. The molecule has 4 heterocycles. The van der Waals surface area contributed by atoms with Gasteiger partial charge in [-0.05, 0) is 31.2 Å². The fourth-order valence-corrected chi connectivity index (χ4v) is 3.76. The minimum Gasteiger partial charge on any atom is -0.482 e. The van der Waals surface area contributed by atoms with Crippen LogP contribution in [0.1, 0.15) is 29.8 Å². The zero-order valence-electron chi connectivity index (χ0n) is 16.5. The average Bonchev–Trinajstić information content (AvgIpc) is 3.17. The largest absolute Gasteiger partial charge is 0.482 e. The Hall–Kier alpha value is -4.32. The second kappa shape index (κ2) is 7.18. The van der Waals surface area contributed by atoms with Gasteiger partial charge in [-0.15, -0.1) is 0 Å². The van der Waals surface area contributed by atoms with Crippen LogP contribution >= 0.6 is 0 Å². The molecule has 31 heavy (non-hydrogen) atoms. The van der Waals surface area contributed by atoms with Crippen LogP contribution in [0, 0.1) is 17.1 Å². The number of ether oxygens (including phenoxy) is 1. The molecule has 0 amide bonds. The third-order valence-electron chi connectivity index (χ3n) is 5.20. The maximum atomic E-state index is 14.2. The number of hydrogen-bond donors (Lipinski definition) is 1. The molecule has 152 valence electrons. The molecular formula is C22H16FN7O. The van der Waals surface area contributed by atoms with Gasteiger partial charge in [0.2, 0.25) is 0 Å². The SMILES string of the molecule is C[C@H]1Oc2cc(cnc2N)-c2c(C#N)cnn2Cc2nccnc2-c2ccc(F)cc21.